The van der Waals surface area contributed by atoms with Gasteiger partial charge in [0.05, 0.1) is 16.1 Å². The summed E-state index contributed by atoms with van der Waals surface area (Å²) in [4.78, 5) is 24.5. The molecule has 6 nitrogen and oxygen atoms in total. The number of fused-ring (bicyclic) bond motifs is 1. The third-order valence-electron chi connectivity index (χ3n) is 4.04. The monoisotopic (exact) mass is 394 g/mol. The Morgan fingerprint density at radius 2 is 1.96 bits per heavy atom. The van der Waals surface area contributed by atoms with Gasteiger partial charge in [-0.15, -0.1) is 0 Å². The lowest BCUT2D eigenvalue weighted by molar-refractivity contribution is 0.0697. The smallest absolute Gasteiger partial charge is 0.335 e. The summed E-state index contributed by atoms with van der Waals surface area (Å²) in [7, 11) is 0. The fourth-order valence-corrected chi connectivity index (χ4v) is 2.87. The van der Waals surface area contributed by atoms with Crippen LogP contribution in [0.4, 0.5) is 15.9 Å². The van der Waals surface area contributed by atoms with E-state index in [1.165, 1.54) is 30.3 Å². The first-order chi connectivity index (χ1) is 13.5. The topological polar surface area (TPSA) is 88.0 Å². The van der Waals surface area contributed by atoms with Gasteiger partial charge in [-0.2, -0.15) is 0 Å². The molecule has 0 amide bonds. The number of hydrogen-bond acceptors (Lipinski definition) is 5. The van der Waals surface area contributed by atoms with Crippen molar-refractivity contribution in [1.29, 1.82) is 0 Å². The minimum atomic E-state index is -1.06. The van der Waals surface area contributed by atoms with Crippen molar-refractivity contribution in [2.75, 3.05) is 5.32 Å². The molecule has 2 N–H and O–H groups in total. The molecule has 8 heteroatoms. The molecule has 0 unspecified atom stereocenters. The molecule has 0 bridgehead atoms. The Labute approximate surface area is 163 Å². The third-order valence-corrected chi connectivity index (χ3v) is 4.33. The van der Waals surface area contributed by atoms with Crippen LogP contribution in [0.5, 0.6) is 0 Å². The summed E-state index contributed by atoms with van der Waals surface area (Å²) in [6.07, 6.45) is 3.27. The molecular weight excluding hydrogens is 383 g/mol. The summed E-state index contributed by atoms with van der Waals surface area (Å²) in [5.41, 5.74) is 1.86. The van der Waals surface area contributed by atoms with Crippen LogP contribution < -0.4 is 5.32 Å². The number of anilines is 2. The standard InChI is InChI=1S/C20H12ClFN4O2/c21-15-9-13(4-5-16(15)22)24-19-14-8-11(20(27)28)3-6-17(14)25-18(26-19)12-2-1-7-23-10-12/h1-10H,(H,27,28)(H,24,25,26). The van der Waals surface area contributed by atoms with E-state index in [0.29, 0.717) is 33.8 Å². The van der Waals surface area contributed by atoms with Crippen molar-refractivity contribution in [3.05, 3.63) is 77.3 Å². The molecule has 4 rings (SSSR count). The number of carboxylic acid groups (broad SMARTS) is 1. The summed E-state index contributed by atoms with van der Waals surface area (Å²) in [5, 5.41) is 12.8. The number of aromatic carboxylic acids is 1. The lowest BCUT2D eigenvalue weighted by atomic mass is 10.1. The Morgan fingerprint density at radius 3 is 2.68 bits per heavy atom. The summed E-state index contributed by atoms with van der Waals surface area (Å²) in [5.74, 6) is -0.813. The number of rotatable bonds is 4. The van der Waals surface area contributed by atoms with Crippen molar-refractivity contribution in [2.45, 2.75) is 0 Å². The van der Waals surface area contributed by atoms with Gasteiger partial charge in [-0.3, -0.25) is 4.98 Å². The molecular formula is C20H12ClFN4O2. The summed E-state index contributed by atoms with van der Waals surface area (Å²) in [6, 6.07) is 12.3. The van der Waals surface area contributed by atoms with E-state index in [4.69, 9.17) is 11.6 Å². The lowest BCUT2D eigenvalue weighted by Crippen LogP contribution is -2.02. The highest BCUT2D eigenvalue weighted by Gasteiger charge is 2.13. The molecule has 4 aromatic rings. The van der Waals surface area contributed by atoms with Crippen molar-refractivity contribution in [3.63, 3.8) is 0 Å². The van der Waals surface area contributed by atoms with Crippen LogP contribution in [0.1, 0.15) is 10.4 Å². The van der Waals surface area contributed by atoms with Crippen molar-refractivity contribution >= 4 is 40.0 Å². The molecule has 0 saturated carbocycles. The zero-order valence-corrected chi connectivity index (χ0v) is 15.0. The van der Waals surface area contributed by atoms with Gasteiger partial charge in [-0.25, -0.2) is 19.2 Å². The number of halogens is 2. The summed E-state index contributed by atoms with van der Waals surface area (Å²) >= 11 is 5.86. The highest BCUT2D eigenvalue weighted by Crippen LogP contribution is 2.29. The van der Waals surface area contributed by atoms with Crippen LogP contribution in [-0.4, -0.2) is 26.0 Å². The third kappa shape index (κ3) is 3.47. The largest absolute Gasteiger partial charge is 0.478 e. The predicted molar refractivity (Wildman–Crippen MR) is 104 cm³/mol. The maximum atomic E-state index is 13.5. The Morgan fingerprint density at radius 1 is 1.11 bits per heavy atom. The number of aromatic nitrogens is 3. The lowest BCUT2D eigenvalue weighted by Gasteiger charge is -2.12. The van der Waals surface area contributed by atoms with E-state index in [1.807, 2.05) is 6.07 Å². The van der Waals surface area contributed by atoms with Crippen LogP contribution in [-0.2, 0) is 0 Å². The van der Waals surface area contributed by atoms with Gasteiger partial charge >= 0.3 is 5.97 Å². The average molecular weight is 395 g/mol. The van der Waals surface area contributed by atoms with Gasteiger partial charge in [0.2, 0.25) is 0 Å². The molecule has 28 heavy (non-hydrogen) atoms. The van der Waals surface area contributed by atoms with Crippen molar-refractivity contribution in [3.8, 4) is 11.4 Å². The molecule has 2 heterocycles. The summed E-state index contributed by atoms with van der Waals surface area (Å²) < 4.78 is 13.5. The molecule has 2 aromatic carbocycles. The van der Waals surface area contributed by atoms with E-state index in [0.717, 1.165) is 0 Å². The molecule has 0 saturated heterocycles. The molecule has 0 aliphatic rings. The fourth-order valence-electron chi connectivity index (χ4n) is 2.69. The van der Waals surface area contributed by atoms with Gasteiger partial charge in [0.15, 0.2) is 5.82 Å². The van der Waals surface area contributed by atoms with Gasteiger partial charge in [0.1, 0.15) is 11.6 Å². The van der Waals surface area contributed by atoms with Crippen LogP contribution >= 0.6 is 11.6 Å². The van der Waals surface area contributed by atoms with E-state index in [-0.39, 0.29) is 10.6 Å². The van der Waals surface area contributed by atoms with Gasteiger partial charge < -0.3 is 10.4 Å². The second kappa shape index (κ2) is 7.21. The van der Waals surface area contributed by atoms with E-state index < -0.39 is 11.8 Å². The minimum absolute atomic E-state index is 0.0398. The first kappa shape index (κ1) is 17.8. The van der Waals surface area contributed by atoms with E-state index in [2.05, 4.69) is 20.3 Å². The molecule has 0 spiro atoms. The van der Waals surface area contributed by atoms with E-state index >= 15 is 0 Å². The molecule has 0 radical (unpaired) electrons. The van der Waals surface area contributed by atoms with Crippen molar-refractivity contribution in [1.82, 2.24) is 15.0 Å². The van der Waals surface area contributed by atoms with Gasteiger partial charge in [0.25, 0.3) is 0 Å². The predicted octanol–water partition coefficient (Wildman–Crippen LogP) is 4.93. The maximum absolute atomic E-state index is 13.5. The number of carboxylic acids is 1. The molecule has 0 aliphatic heterocycles. The number of pyridine rings is 1. The Balaban J connectivity index is 1.90. The zero-order chi connectivity index (χ0) is 19.7. The van der Waals surface area contributed by atoms with Gasteiger partial charge in [-0.05, 0) is 48.5 Å². The molecule has 0 aliphatic carbocycles. The maximum Gasteiger partial charge on any atom is 0.335 e. The highest BCUT2D eigenvalue weighted by atomic mass is 35.5. The number of carbonyl (C=O) groups is 1. The van der Waals surface area contributed by atoms with Gasteiger partial charge in [0, 0.05) is 29.0 Å². The van der Waals surface area contributed by atoms with E-state index in [9.17, 15) is 14.3 Å². The molecule has 2 aromatic heterocycles. The van der Waals surface area contributed by atoms with E-state index in [1.54, 1.807) is 24.5 Å². The van der Waals surface area contributed by atoms with Gasteiger partial charge in [-0.1, -0.05) is 11.6 Å². The van der Waals surface area contributed by atoms with Crippen LogP contribution in [0.2, 0.25) is 5.02 Å². The Hall–Kier alpha value is -3.58. The molecule has 0 fully saturated rings. The normalized spacial score (nSPS) is 10.8. The Bertz CT molecular complexity index is 1200. The zero-order valence-electron chi connectivity index (χ0n) is 14.2. The average Bonchev–Trinajstić information content (AvgIpc) is 2.71. The highest BCUT2D eigenvalue weighted by molar-refractivity contribution is 6.31. The Kier molecular flexibility index (Phi) is 4.58. The van der Waals surface area contributed by atoms with Crippen LogP contribution in [0.3, 0.4) is 0 Å². The molecule has 138 valence electrons. The minimum Gasteiger partial charge on any atom is -0.478 e. The summed E-state index contributed by atoms with van der Waals surface area (Å²) in [6.45, 7) is 0. The van der Waals surface area contributed by atoms with Crippen LogP contribution in [0, 0.1) is 5.82 Å². The second-order valence-corrected chi connectivity index (χ2v) is 6.34. The fraction of sp³-hybridized carbons (Fsp3) is 0. The molecule has 0 atom stereocenters. The second-order valence-electron chi connectivity index (χ2n) is 5.93. The first-order valence-electron chi connectivity index (χ1n) is 8.19. The van der Waals surface area contributed by atoms with Crippen molar-refractivity contribution in [2.24, 2.45) is 0 Å². The van der Waals surface area contributed by atoms with Crippen LogP contribution in [0.15, 0.2) is 60.9 Å². The first-order valence-corrected chi connectivity index (χ1v) is 8.56. The number of hydrogen-bond donors (Lipinski definition) is 2. The quantitative estimate of drug-likeness (QED) is 0.510. The van der Waals surface area contributed by atoms with Crippen LogP contribution in [0.25, 0.3) is 22.3 Å². The van der Waals surface area contributed by atoms with Crippen molar-refractivity contribution < 1.29 is 14.3 Å². The number of benzene rings is 2. The SMILES string of the molecule is O=C(O)c1ccc2nc(-c3cccnc3)nc(Nc3ccc(F)c(Cl)c3)c2c1. The number of nitrogens with zero attached hydrogens (tertiary/aromatic N) is 3. The number of nitrogens with one attached hydrogen (secondary N) is 1.